The number of sulfonamides is 1. The highest BCUT2D eigenvalue weighted by atomic mass is 32.2. The van der Waals surface area contributed by atoms with Gasteiger partial charge in [-0.15, -0.1) is 0 Å². The SMILES string of the molecule is CC(C)c1ccc(S(=O)(=O)NC(CO)(CO)CO)cc1. The Balaban J connectivity index is 3.04. The largest absolute Gasteiger partial charge is 0.394 e. The zero-order valence-electron chi connectivity index (χ0n) is 11.6. The molecule has 0 saturated carbocycles. The first-order valence-electron chi connectivity index (χ1n) is 6.27. The van der Waals surface area contributed by atoms with Crippen LogP contribution in [0.15, 0.2) is 29.2 Å². The first-order valence-corrected chi connectivity index (χ1v) is 7.75. The molecule has 0 aliphatic carbocycles. The summed E-state index contributed by atoms with van der Waals surface area (Å²) in [7, 11) is -3.93. The smallest absolute Gasteiger partial charge is 0.241 e. The van der Waals surface area contributed by atoms with E-state index in [1.165, 1.54) is 12.1 Å². The van der Waals surface area contributed by atoms with Gasteiger partial charge in [0, 0.05) is 0 Å². The summed E-state index contributed by atoms with van der Waals surface area (Å²) in [5.74, 6) is 0.283. The molecule has 0 aliphatic rings. The molecule has 0 spiro atoms. The Hall–Kier alpha value is -0.990. The normalized spacial score (nSPS) is 12.9. The van der Waals surface area contributed by atoms with Crippen LogP contribution in [0, 0.1) is 0 Å². The zero-order valence-corrected chi connectivity index (χ0v) is 12.4. The summed E-state index contributed by atoms with van der Waals surface area (Å²) in [6, 6.07) is 6.32. The average Bonchev–Trinajstić information content (AvgIpc) is 2.45. The molecule has 0 fully saturated rings. The van der Waals surface area contributed by atoms with Crippen molar-refractivity contribution in [3.05, 3.63) is 29.8 Å². The first-order chi connectivity index (χ1) is 9.30. The third-order valence-corrected chi connectivity index (χ3v) is 4.71. The van der Waals surface area contributed by atoms with E-state index in [9.17, 15) is 8.42 Å². The minimum absolute atomic E-state index is 0.0154. The summed E-state index contributed by atoms with van der Waals surface area (Å²) < 4.78 is 26.5. The third kappa shape index (κ3) is 3.77. The van der Waals surface area contributed by atoms with Gasteiger partial charge in [-0.05, 0) is 23.6 Å². The van der Waals surface area contributed by atoms with Gasteiger partial charge in [0.05, 0.1) is 24.7 Å². The van der Waals surface area contributed by atoms with Crippen LogP contribution < -0.4 is 4.72 Å². The lowest BCUT2D eigenvalue weighted by atomic mass is 10.0. The van der Waals surface area contributed by atoms with E-state index >= 15 is 0 Å². The van der Waals surface area contributed by atoms with Crippen LogP contribution in [0.3, 0.4) is 0 Å². The van der Waals surface area contributed by atoms with E-state index in [2.05, 4.69) is 4.72 Å². The Bertz CT molecular complexity index is 512. The van der Waals surface area contributed by atoms with Crippen LogP contribution in [0.1, 0.15) is 25.3 Å². The second kappa shape index (κ2) is 6.64. The van der Waals surface area contributed by atoms with Crippen LogP contribution in [0.4, 0.5) is 0 Å². The highest BCUT2D eigenvalue weighted by Gasteiger charge is 2.33. The van der Waals surface area contributed by atoms with E-state index in [4.69, 9.17) is 15.3 Å². The van der Waals surface area contributed by atoms with Crippen LogP contribution in [-0.2, 0) is 10.0 Å². The third-order valence-electron chi connectivity index (χ3n) is 3.12. The molecule has 114 valence electrons. The topological polar surface area (TPSA) is 107 Å². The zero-order chi connectivity index (χ0) is 15.4. The summed E-state index contributed by atoms with van der Waals surface area (Å²) in [5, 5.41) is 27.5. The van der Waals surface area contributed by atoms with Crippen molar-refractivity contribution in [2.24, 2.45) is 0 Å². The summed E-state index contributed by atoms with van der Waals surface area (Å²) in [4.78, 5) is 0.0154. The van der Waals surface area contributed by atoms with Crippen molar-refractivity contribution in [2.75, 3.05) is 19.8 Å². The number of aliphatic hydroxyl groups excluding tert-OH is 3. The summed E-state index contributed by atoms with van der Waals surface area (Å²) in [5.41, 5.74) is -0.670. The minimum Gasteiger partial charge on any atom is -0.394 e. The number of hydrogen-bond acceptors (Lipinski definition) is 5. The second-order valence-corrected chi connectivity index (χ2v) is 6.77. The Kier molecular flexibility index (Phi) is 5.67. The molecule has 0 saturated heterocycles. The molecule has 0 atom stereocenters. The Morgan fingerprint density at radius 3 is 1.85 bits per heavy atom. The fourth-order valence-electron chi connectivity index (χ4n) is 1.62. The van der Waals surface area contributed by atoms with E-state index in [0.29, 0.717) is 0 Å². The van der Waals surface area contributed by atoms with Gasteiger partial charge in [0.2, 0.25) is 10.0 Å². The quantitative estimate of drug-likeness (QED) is 0.558. The van der Waals surface area contributed by atoms with Crippen LogP contribution in [0.5, 0.6) is 0 Å². The molecule has 1 aromatic rings. The van der Waals surface area contributed by atoms with E-state index in [1.807, 2.05) is 13.8 Å². The lowest BCUT2D eigenvalue weighted by Gasteiger charge is -2.28. The molecular weight excluding hydrogens is 282 g/mol. The van der Waals surface area contributed by atoms with Crippen molar-refractivity contribution in [2.45, 2.75) is 30.2 Å². The van der Waals surface area contributed by atoms with Gasteiger partial charge in [-0.25, -0.2) is 8.42 Å². The maximum absolute atomic E-state index is 12.2. The van der Waals surface area contributed by atoms with Gasteiger partial charge in [0.15, 0.2) is 0 Å². The van der Waals surface area contributed by atoms with Gasteiger partial charge in [-0.2, -0.15) is 4.72 Å². The lowest BCUT2D eigenvalue weighted by molar-refractivity contribution is 0.0582. The van der Waals surface area contributed by atoms with Crippen LogP contribution >= 0.6 is 0 Å². The molecule has 6 nitrogen and oxygen atoms in total. The van der Waals surface area contributed by atoms with E-state index in [-0.39, 0.29) is 10.8 Å². The molecule has 0 heterocycles. The fourth-order valence-corrected chi connectivity index (χ4v) is 3.00. The molecule has 1 aromatic carbocycles. The monoisotopic (exact) mass is 303 g/mol. The summed E-state index contributed by atoms with van der Waals surface area (Å²) in [6.45, 7) is 1.88. The van der Waals surface area contributed by atoms with Crippen molar-refractivity contribution in [3.63, 3.8) is 0 Å². The number of nitrogens with one attached hydrogen (secondary N) is 1. The lowest BCUT2D eigenvalue weighted by Crippen LogP contribution is -2.56. The highest BCUT2D eigenvalue weighted by Crippen LogP contribution is 2.18. The molecule has 4 N–H and O–H groups in total. The van der Waals surface area contributed by atoms with Gasteiger partial charge in [0.1, 0.15) is 5.54 Å². The van der Waals surface area contributed by atoms with Crippen molar-refractivity contribution >= 4 is 10.0 Å². The predicted octanol–water partition coefficient (Wildman–Crippen LogP) is -0.196. The fraction of sp³-hybridized carbons (Fsp3) is 0.538. The maximum atomic E-state index is 12.2. The highest BCUT2D eigenvalue weighted by molar-refractivity contribution is 7.89. The number of benzene rings is 1. The van der Waals surface area contributed by atoms with Gasteiger partial charge in [-0.3, -0.25) is 0 Å². The molecule has 0 radical (unpaired) electrons. The number of aliphatic hydroxyl groups is 3. The van der Waals surface area contributed by atoms with Crippen LogP contribution in [0.25, 0.3) is 0 Å². The molecule has 0 unspecified atom stereocenters. The standard InChI is InChI=1S/C13H21NO5S/c1-10(2)11-3-5-12(6-4-11)20(18,19)14-13(7-15,8-16)9-17/h3-6,10,14-17H,7-9H2,1-2H3. The van der Waals surface area contributed by atoms with Gasteiger partial charge in [0.25, 0.3) is 0 Å². The molecule has 20 heavy (non-hydrogen) atoms. The van der Waals surface area contributed by atoms with Crippen molar-refractivity contribution in [1.82, 2.24) is 4.72 Å². The Labute approximate surface area is 119 Å². The van der Waals surface area contributed by atoms with Crippen LogP contribution in [-0.4, -0.2) is 49.1 Å². The molecule has 0 amide bonds. The van der Waals surface area contributed by atoms with E-state index in [1.54, 1.807) is 12.1 Å². The molecule has 1 rings (SSSR count). The molecule has 7 heteroatoms. The first kappa shape index (κ1) is 17.1. The number of rotatable bonds is 7. The summed E-state index contributed by atoms with van der Waals surface area (Å²) >= 11 is 0. The number of hydrogen-bond donors (Lipinski definition) is 4. The van der Waals surface area contributed by atoms with Crippen molar-refractivity contribution in [1.29, 1.82) is 0 Å². The maximum Gasteiger partial charge on any atom is 0.241 e. The van der Waals surface area contributed by atoms with Crippen LogP contribution in [0.2, 0.25) is 0 Å². The summed E-state index contributed by atoms with van der Waals surface area (Å²) in [6.07, 6.45) is 0. The van der Waals surface area contributed by atoms with Gasteiger partial charge >= 0.3 is 0 Å². The minimum atomic E-state index is -3.93. The van der Waals surface area contributed by atoms with Gasteiger partial charge in [-0.1, -0.05) is 26.0 Å². The predicted molar refractivity (Wildman–Crippen MR) is 74.8 cm³/mol. The Morgan fingerprint density at radius 2 is 1.50 bits per heavy atom. The van der Waals surface area contributed by atoms with Gasteiger partial charge < -0.3 is 15.3 Å². The molecule has 0 aromatic heterocycles. The molecule has 0 bridgehead atoms. The van der Waals surface area contributed by atoms with E-state index in [0.717, 1.165) is 5.56 Å². The van der Waals surface area contributed by atoms with Crippen molar-refractivity contribution in [3.8, 4) is 0 Å². The molecular formula is C13H21NO5S. The average molecular weight is 303 g/mol. The second-order valence-electron chi connectivity index (χ2n) is 5.08. The molecule has 0 aliphatic heterocycles. The van der Waals surface area contributed by atoms with Crippen molar-refractivity contribution < 1.29 is 23.7 Å². The Morgan fingerprint density at radius 1 is 1.05 bits per heavy atom. The van der Waals surface area contributed by atoms with E-state index < -0.39 is 35.4 Å².